The third-order valence-electron chi connectivity index (χ3n) is 0.744. The quantitative estimate of drug-likeness (QED) is 0.332. The van der Waals surface area contributed by atoms with Gasteiger partial charge in [-0.05, 0) is 0 Å². The summed E-state index contributed by atoms with van der Waals surface area (Å²) in [6, 6.07) is 0. The molecule has 0 aromatic rings. The molecule has 0 aliphatic heterocycles. The maximum atomic E-state index is 2.18. The summed E-state index contributed by atoms with van der Waals surface area (Å²) in [5.41, 5.74) is 0. The average molecular weight is 68.0 g/mol. The van der Waals surface area contributed by atoms with Crippen LogP contribution in [0.4, 0.5) is 0 Å². The first-order valence-electron chi connectivity index (χ1n) is 2.47. The van der Waals surface area contributed by atoms with Gasteiger partial charge in [-0.3, -0.25) is 0 Å². The van der Waals surface area contributed by atoms with Gasteiger partial charge in [0.1, 0.15) is 0 Å². The predicted molar refractivity (Wildman–Crippen MR) is 29.3 cm³/mol. The van der Waals surface area contributed by atoms with Crippen molar-refractivity contribution in [2.75, 3.05) is 0 Å². The molecule has 0 nitrogen and oxygen atoms in total. The van der Waals surface area contributed by atoms with Crippen molar-refractivity contribution >= 4 is 35.4 Å². The summed E-state index contributed by atoms with van der Waals surface area (Å²) in [5.74, 6) is 0. The summed E-state index contributed by atoms with van der Waals surface area (Å²) in [6.45, 7) is 0. The Bertz CT molecular complexity index is 17.5. The number of unbranched alkanes of at least 4 members (excludes halogenated alkanes) is 1. The first kappa shape index (κ1) is 7.19. The third-order valence-corrected chi connectivity index (χ3v) is 0.744. The molecule has 0 fully saturated rings. The molecule has 0 N–H and O–H groups in total. The molecule has 0 saturated heterocycles. The molecule has 0 aliphatic rings. The molecule has 0 aromatic heterocycles. The van der Waals surface area contributed by atoms with Crippen molar-refractivity contribution in [3.63, 3.8) is 0 Å². The summed E-state index contributed by atoms with van der Waals surface area (Å²) < 4.78 is 0. The zero-order chi connectivity index (χ0) is 4.83. The van der Waals surface area contributed by atoms with Crippen molar-refractivity contribution in [2.45, 2.75) is 12.8 Å². The van der Waals surface area contributed by atoms with Gasteiger partial charge in [0.25, 0.3) is 0 Å². The van der Waals surface area contributed by atoms with Crippen LogP contribution in [-0.2, 0) is 0 Å². The van der Waals surface area contributed by atoms with Crippen LogP contribution in [0.3, 0.4) is 0 Å². The normalized spacial score (nSPS) is 9.33. The fraction of sp³-hybridized carbons (Fsp3) is 0.500. The molecule has 2 radical (unpaired) electrons. The van der Waals surface area contributed by atoms with Crippen LogP contribution < -0.4 is 0 Å². The van der Waals surface area contributed by atoms with Gasteiger partial charge in [0.15, 0.2) is 0 Å². The monoisotopic (exact) mass is 68.1 g/mol. The summed E-state index contributed by atoms with van der Waals surface area (Å²) in [4.78, 5) is 0. The molecule has 6 heavy (non-hydrogen) atoms. The van der Waals surface area contributed by atoms with Crippen LogP contribution in [0.5, 0.6) is 0 Å². The SMILES string of the molecule is [Li][CH]CC[CH][Li]. The van der Waals surface area contributed by atoms with Crippen molar-refractivity contribution in [1.82, 2.24) is 0 Å². The number of rotatable bonds is 3. The average Bonchev–Trinajstić information content (AvgIpc) is 1.61. The van der Waals surface area contributed by atoms with E-state index in [1.165, 1.54) is 12.8 Å². The molecule has 0 spiro atoms. The molecule has 0 rings (SSSR count). The van der Waals surface area contributed by atoms with Crippen molar-refractivity contribution in [1.29, 1.82) is 0 Å². The molecule has 0 atom stereocenters. The Labute approximate surface area is 58.5 Å². The van der Waals surface area contributed by atoms with Gasteiger partial charge >= 0.3 is 58.5 Å². The van der Waals surface area contributed by atoms with Gasteiger partial charge in [-0.15, -0.1) is 0 Å². The van der Waals surface area contributed by atoms with E-state index < -0.39 is 0 Å². The molecule has 0 heterocycles. The second kappa shape index (κ2) is 6.19. The Kier molecular flexibility index (Phi) is 7.43. The third kappa shape index (κ3) is 5.19. The molecule has 2 heteroatoms. The summed E-state index contributed by atoms with van der Waals surface area (Å²) in [5, 5.41) is 4.36. The summed E-state index contributed by atoms with van der Waals surface area (Å²) in [6.07, 6.45) is 2.47. The van der Waals surface area contributed by atoms with Crippen LogP contribution >= 0.6 is 0 Å². The van der Waals surface area contributed by atoms with E-state index >= 15 is 0 Å². The van der Waals surface area contributed by atoms with Crippen LogP contribution in [0.2, 0.25) is 0 Å². The molecular weight excluding hydrogens is 61.9 g/mol. The van der Waals surface area contributed by atoms with Crippen LogP contribution in [0.1, 0.15) is 12.8 Å². The predicted octanol–water partition coefficient (Wildman–Crippen LogP) is 0.427. The maximum absolute atomic E-state index is 2.18. The molecule has 0 amide bonds. The van der Waals surface area contributed by atoms with Crippen molar-refractivity contribution in [2.24, 2.45) is 0 Å². The van der Waals surface area contributed by atoms with E-state index in [1.807, 2.05) is 0 Å². The summed E-state index contributed by atoms with van der Waals surface area (Å²) >= 11 is 4.17. The standard InChI is InChI=1S/C4H6.2Li/c1-3-4-2;;/h1-2H,3-4H2;;. The fourth-order valence-corrected chi connectivity index (χ4v) is 0.333. The van der Waals surface area contributed by atoms with Crippen LogP contribution in [-0.4, -0.2) is 35.4 Å². The fourth-order valence-electron chi connectivity index (χ4n) is 0.333. The number of hydrogen-bond acceptors (Lipinski definition) is 0. The molecule has 0 aliphatic carbocycles. The molecular formula is C4H6Li2. The van der Waals surface area contributed by atoms with Crippen LogP contribution in [0, 0.1) is 10.2 Å². The molecule has 0 saturated carbocycles. The van der Waals surface area contributed by atoms with Gasteiger partial charge in [-0.2, -0.15) is 0 Å². The van der Waals surface area contributed by atoms with Crippen LogP contribution in [0.15, 0.2) is 0 Å². The second-order valence-electron chi connectivity index (χ2n) is 1.39. The van der Waals surface area contributed by atoms with Gasteiger partial charge in [0.05, 0.1) is 0 Å². The molecule has 0 bridgehead atoms. The minimum atomic E-state index is 1.23. The second-order valence-corrected chi connectivity index (χ2v) is 1.39. The molecule has 24 valence electrons. The Balaban J connectivity index is 2.34. The summed E-state index contributed by atoms with van der Waals surface area (Å²) in [7, 11) is 0. The van der Waals surface area contributed by atoms with Gasteiger partial charge in [-0.1, -0.05) is 0 Å². The van der Waals surface area contributed by atoms with Gasteiger partial charge in [0.2, 0.25) is 0 Å². The van der Waals surface area contributed by atoms with Crippen LogP contribution in [0.25, 0.3) is 0 Å². The van der Waals surface area contributed by atoms with E-state index in [1.54, 1.807) is 0 Å². The Hall–Kier alpha value is 1.19. The number of hydrogen-bond donors (Lipinski definition) is 0. The first-order chi connectivity index (χ1) is 2.91. The van der Waals surface area contributed by atoms with E-state index in [2.05, 4.69) is 45.6 Å². The zero-order valence-electron chi connectivity index (χ0n) is 4.57. The Morgan fingerprint density at radius 2 is 1.33 bits per heavy atom. The topological polar surface area (TPSA) is 0 Å². The van der Waals surface area contributed by atoms with Crippen molar-refractivity contribution in [3.8, 4) is 0 Å². The van der Waals surface area contributed by atoms with E-state index in [-0.39, 0.29) is 0 Å². The van der Waals surface area contributed by atoms with Crippen molar-refractivity contribution in [3.05, 3.63) is 10.2 Å². The Morgan fingerprint density at radius 1 is 1.00 bits per heavy atom. The van der Waals surface area contributed by atoms with E-state index in [4.69, 9.17) is 0 Å². The minimum absolute atomic E-state index is 1.23. The Morgan fingerprint density at radius 3 is 1.50 bits per heavy atom. The van der Waals surface area contributed by atoms with Gasteiger partial charge < -0.3 is 0 Å². The van der Waals surface area contributed by atoms with E-state index in [9.17, 15) is 0 Å². The van der Waals surface area contributed by atoms with E-state index in [0.29, 0.717) is 0 Å². The first-order valence-corrected chi connectivity index (χ1v) is 2.47. The van der Waals surface area contributed by atoms with E-state index in [0.717, 1.165) is 0 Å². The zero-order valence-corrected chi connectivity index (χ0v) is 4.57. The molecule has 0 aromatic carbocycles. The van der Waals surface area contributed by atoms with Gasteiger partial charge in [-0.25, -0.2) is 0 Å². The van der Waals surface area contributed by atoms with Crippen molar-refractivity contribution < 1.29 is 0 Å². The van der Waals surface area contributed by atoms with Gasteiger partial charge in [0, 0.05) is 0 Å². The molecule has 0 unspecified atom stereocenters.